The molecular formula is C24H18ClN5O4S. The van der Waals surface area contributed by atoms with E-state index in [1.807, 2.05) is 17.5 Å². The minimum Gasteiger partial charge on any atom is -0.497 e. The highest BCUT2D eigenvalue weighted by Crippen LogP contribution is 2.29. The normalized spacial score (nSPS) is 11.1. The smallest absolute Gasteiger partial charge is 0.333 e. The van der Waals surface area contributed by atoms with Crippen molar-refractivity contribution in [1.82, 2.24) is 19.1 Å². The van der Waals surface area contributed by atoms with Crippen molar-refractivity contribution in [3.63, 3.8) is 0 Å². The molecule has 0 saturated carbocycles. The molecule has 5 rings (SSSR count). The van der Waals surface area contributed by atoms with Crippen molar-refractivity contribution < 1.29 is 9.53 Å². The molecule has 0 bridgehead atoms. The minimum absolute atomic E-state index is 0.187. The Morgan fingerprint density at radius 1 is 1.09 bits per heavy atom. The molecule has 35 heavy (non-hydrogen) atoms. The van der Waals surface area contributed by atoms with Gasteiger partial charge in [-0.25, -0.2) is 14.3 Å². The SMILES string of the molecule is COc1cccc(-n2c(=O)[nH]c3cc(Cl)n(-c4ccc(-c5csc(NC(C)=O)n5)cc4)c3c2=O)c1. The summed E-state index contributed by atoms with van der Waals surface area (Å²) in [6.07, 6.45) is 0. The van der Waals surface area contributed by atoms with Crippen LogP contribution in [0.4, 0.5) is 5.13 Å². The number of amides is 1. The maximum atomic E-state index is 13.5. The maximum Gasteiger partial charge on any atom is 0.333 e. The number of hydrogen-bond donors (Lipinski definition) is 2. The number of thiazole rings is 1. The maximum absolute atomic E-state index is 13.5. The molecule has 0 fully saturated rings. The van der Waals surface area contributed by atoms with Gasteiger partial charge in [-0.1, -0.05) is 29.8 Å². The molecule has 5 aromatic rings. The molecule has 0 saturated heterocycles. The van der Waals surface area contributed by atoms with Gasteiger partial charge in [0.25, 0.3) is 5.56 Å². The minimum atomic E-state index is -0.585. The quantitative estimate of drug-likeness (QED) is 0.370. The molecule has 0 spiro atoms. The van der Waals surface area contributed by atoms with E-state index in [0.29, 0.717) is 33.5 Å². The fourth-order valence-electron chi connectivity index (χ4n) is 3.79. The van der Waals surface area contributed by atoms with E-state index in [1.54, 1.807) is 47.0 Å². The molecule has 176 valence electrons. The average molecular weight is 508 g/mol. The zero-order valence-electron chi connectivity index (χ0n) is 18.5. The van der Waals surface area contributed by atoms with Crippen LogP contribution in [0.1, 0.15) is 6.92 Å². The lowest BCUT2D eigenvalue weighted by Gasteiger charge is -2.10. The molecule has 3 heterocycles. The van der Waals surface area contributed by atoms with Gasteiger partial charge in [0.15, 0.2) is 5.13 Å². The molecule has 0 aliphatic rings. The number of carbonyl (C=O) groups is 1. The van der Waals surface area contributed by atoms with Crippen LogP contribution in [0.5, 0.6) is 5.75 Å². The van der Waals surface area contributed by atoms with Gasteiger partial charge in [-0.2, -0.15) is 0 Å². The van der Waals surface area contributed by atoms with Crippen LogP contribution in [-0.2, 0) is 4.79 Å². The summed E-state index contributed by atoms with van der Waals surface area (Å²) >= 11 is 7.83. The van der Waals surface area contributed by atoms with Crippen LogP contribution in [0.25, 0.3) is 33.7 Å². The first-order chi connectivity index (χ1) is 16.9. The standard InChI is InChI=1S/C24H18ClN5O4S/c1-13(31)26-23-27-19(12-35-23)14-6-8-15(9-7-14)29-20(25)11-18-21(29)22(32)30(24(33)28-18)16-4-3-5-17(10-16)34-2/h3-12H,1-2H3,(H,28,33)(H,26,27,31). The second kappa shape index (κ2) is 8.90. The van der Waals surface area contributed by atoms with Gasteiger partial charge >= 0.3 is 5.69 Å². The lowest BCUT2D eigenvalue weighted by Crippen LogP contribution is -2.34. The topological polar surface area (TPSA) is 111 Å². The van der Waals surface area contributed by atoms with E-state index in [-0.39, 0.29) is 16.6 Å². The van der Waals surface area contributed by atoms with Crippen LogP contribution < -0.4 is 21.3 Å². The lowest BCUT2D eigenvalue weighted by molar-refractivity contribution is -0.114. The summed E-state index contributed by atoms with van der Waals surface area (Å²) in [4.78, 5) is 44.7. The number of benzene rings is 2. The first-order valence-corrected chi connectivity index (χ1v) is 11.7. The first kappa shape index (κ1) is 22.6. The third-order valence-electron chi connectivity index (χ3n) is 5.33. The van der Waals surface area contributed by atoms with Gasteiger partial charge in [0, 0.05) is 29.6 Å². The molecule has 0 aliphatic carbocycles. The summed E-state index contributed by atoms with van der Waals surface area (Å²) in [6.45, 7) is 1.43. The van der Waals surface area contributed by atoms with E-state index in [0.717, 1.165) is 10.1 Å². The zero-order chi connectivity index (χ0) is 24.7. The van der Waals surface area contributed by atoms with E-state index in [9.17, 15) is 14.4 Å². The highest BCUT2D eigenvalue weighted by molar-refractivity contribution is 7.14. The van der Waals surface area contributed by atoms with Crippen molar-refractivity contribution in [2.24, 2.45) is 0 Å². The molecule has 0 unspecified atom stereocenters. The summed E-state index contributed by atoms with van der Waals surface area (Å²) in [5, 5.41) is 5.29. The van der Waals surface area contributed by atoms with E-state index in [4.69, 9.17) is 16.3 Å². The number of hydrogen-bond acceptors (Lipinski definition) is 6. The number of fused-ring (bicyclic) bond motifs is 1. The fourth-order valence-corrected chi connectivity index (χ4v) is 4.84. The van der Waals surface area contributed by atoms with E-state index in [2.05, 4.69) is 15.3 Å². The molecule has 0 radical (unpaired) electrons. The molecule has 9 nitrogen and oxygen atoms in total. The molecule has 0 aliphatic heterocycles. The van der Waals surface area contributed by atoms with E-state index < -0.39 is 11.2 Å². The second-order valence-electron chi connectivity index (χ2n) is 7.60. The van der Waals surface area contributed by atoms with Crippen LogP contribution in [-0.4, -0.2) is 32.1 Å². The summed E-state index contributed by atoms with van der Waals surface area (Å²) in [5.41, 5.74) is 1.99. The van der Waals surface area contributed by atoms with Gasteiger partial charge in [-0.05, 0) is 30.3 Å². The fraction of sp³-hybridized carbons (Fsp3) is 0.0833. The number of rotatable bonds is 5. The molecule has 2 aromatic carbocycles. The second-order valence-corrected chi connectivity index (χ2v) is 8.85. The van der Waals surface area contributed by atoms with Gasteiger partial charge in [0.1, 0.15) is 16.4 Å². The number of H-pyrrole nitrogens is 1. The van der Waals surface area contributed by atoms with Crippen molar-refractivity contribution in [3.8, 4) is 28.4 Å². The molecule has 2 N–H and O–H groups in total. The van der Waals surface area contributed by atoms with Gasteiger partial charge < -0.3 is 15.0 Å². The number of nitrogens with zero attached hydrogens (tertiary/aromatic N) is 3. The van der Waals surface area contributed by atoms with Crippen LogP contribution in [0.3, 0.4) is 0 Å². The number of halogens is 1. The Balaban J connectivity index is 1.61. The molecule has 1 amide bonds. The summed E-state index contributed by atoms with van der Waals surface area (Å²) in [7, 11) is 1.51. The Morgan fingerprint density at radius 2 is 1.86 bits per heavy atom. The van der Waals surface area contributed by atoms with Crippen LogP contribution in [0.15, 0.2) is 69.6 Å². The number of aromatic amines is 1. The number of ether oxygens (including phenoxy) is 1. The number of carbonyl (C=O) groups excluding carboxylic acids is 1. The number of methoxy groups -OCH3 is 1. The Hall–Kier alpha value is -4.15. The molecule has 3 aromatic heterocycles. The lowest BCUT2D eigenvalue weighted by atomic mass is 10.1. The van der Waals surface area contributed by atoms with Crippen LogP contribution in [0.2, 0.25) is 5.15 Å². The predicted octanol–water partition coefficient (Wildman–Crippen LogP) is 4.21. The Bertz CT molecular complexity index is 1700. The van der Waals surface area contributed by atoms with Crippen molar-refractivity contribution in [2.75, 3.05) is 12.4 Å². The van der Waals surface area contributed by atoms with Gasteiger partial charge in [0.2, 0.25) is 5.91 Å². The van der Waals surface area contributed by atoms with Crippen molar-refractivity contribution in [1.29, 1.82) is 0 Å². The Morgan fingerprint density at radius 3 is 2.57 bits per heavy atom. The van der Waals surface area contributed by atoms with Crippen LogP contribution >= 0.6 is 22.9 Å². The first-order valence-electron chi connectivity index (χ1n) is 10.4. The zero-order valence-corrected chi connectivity index (χ0v) is 20.1. The predicted molar refractivity (Wildman–Crippen MR) is 136 cm³/mol. The third-order valence-corrected chi connectivity index (χ3v) is 6.36. The van der Waals surface area contributed by atoms with Gasteiger partial charge in [-0.3, -0.25) is 14.2 Å². The van der Waals surface area contributed by atoms with Crippen molar-refractivity contribution >= 4 is 45.0 Å². The van der Waals surface area contributed by atoms with Gasteiger partial charge in [0.05, 0.1) is 24.0 Å². The monoisotopic (exact) mass is 507 g/mol. The largest absolute Gasteiger partial charge is 0.497 e. The third kappa shape index (κ3) is 4.13. The molecule has 11 heteroatoms. The van der Waals surface area contributed by atoms with Crippen molar-refractivity contribution in [2.45, 2.75) is 6.92 Å². The average Bonchev–Trinajstić information content (AvgIpc) is 3.42. The number of anilines is 1. The Labute approximate surface area is 207 Å². The van der Waals surface area contributed by atoms with Crippen molar-refractivity contribution in [3.05, 3.63) is 86.0 Å². The highest BCUT2D eigenvalue weighted by Gasteiger charge is 2.18. The number of aromatic nitrogens is 4. The molecule has 0 atom stereocenters. The van der Waals surface area contributed by atoms with E-state index >= 15 is 0 Å². The molecular weight excluding hydrogens is 490 g/mol. The Kier molecular flexibility index (Phi) is 5.75. The van der Waals surface area contributed by atoms with Crippen LogP contribution in [0, 0.1) is 0 Å². The highest BCUT2D eigenvalue weighted by atomic mass is 35.5. The summed E-state index contributed by atoms with van der Waals surface area (Å²) < 4.78 is 7.86. The van der Waals surface area contributed by atoms with E-state index in [1.165, 1.54) is 25.4 Å². The summed E-state index contributed by atoms with van der Waals surface area (Å²) in [5.74, 6) is 0.328. The number of nitrogens with one attached hydrogen (secondary N) is 2. The van der Waals surface area contributed by atoms with Gasteiger partial charge in [-0.15, -0.1) is 11.3 Å². The summed E-state index contributed by atoms with van der Waals surface area (Å²) in [6, 6.07) is 15.5.